The van der Waals surface area contributed by atoms with Crippen molar-refractivity contribution in [2.24, 2.45) is 0 Å². The van der Waals surface area contributed by atoms with Crippen LogP contribution in [0.2, 0.25) is 0 Å². The summed E-state index contributed by atoms with van der Waals surface area (Å²) < 4.78 is 11.6. The van der Waals surface area contributed by atoms with E-state index in [0.717, 1.165) is 55.4 Å². The molecule has 0 heterocycles. The molecule has 0 bridgehead atoms. The minimum Gasteiger partial charge on any atom is -0.497 e. The Labute approximate surface area is 181 Å². The summed E-state index contributed by atoms with van der Waals surface area (Å²) in [6.07, 6.45) is 0. The molecule has 2 N–H and O–H groups in total. The summed E-state index contributed by atoms with van der Waals surface area (Å²) in [6, 6.07) is 32.8. The van der Waals surface area contributed by atoms with Crippen molar-refractivity contribution in [2.45, 2.75) is 6.61 Å². The molecular formula is C28H23NO2. The Morgan fingerprint density at radius 1 is 0.645 bits per heavy atom. The van der Waals surface area contributed by atoms with E-state index in [4.69, 9.17) is 15.2 Å². The Hall–Kier alpha value is -3.98. The van der Waals surface area contributed by atoms with Crippen LogP contribution in [0.4, 0.5) is 5.69 Å². The molecule has 0 saturated heterocycles. The third kappa shape index (κ3) is 3.55. The Bertz CT molecular complexity index is 1370. The van der Waals surface area contributed by atoms with Gasteiger partial charge in [-0.1, -0.05) is 72.8 Å². The number of fused-ring (bicyclic) bond motifs is 2. The number of nitrogens with two attached hydrogens (primary N) is 1. The molecule has 5 aromatic carbocycles. The topological polar surface area (TPSA) is 44.5 Å². The highest BCUT2D eigenvalue weighted by atomic mass is 16.5. The van der Waals surface area contributed by atoms with Gasteiger partial charge in [0.15, 0.2) is 0 Å². The molecule has 3 nitrogen and oxygen atoms in total. The monoisotopic (exact) mass is 405 g/mol. The number of methoxy groups -OCH3 is 1. The van der Waals surface area contributed by atoms with E-state index < -0.39 is 0 Å². The number of benzene rings is 5. The molecule has 3 heteroatoms. The Morgan fingerprint density at radius 2 is 1.26 bits per heavy atom. The second-order valence-electron chi connectivity index (χ2n) is 7.55. The van der Waals surface area contributed by atoms with E-state index >= 15 is 0 Å². The number of hydrogen-bond donors (Lipinski definition) is 1. The maximum absolute atomic E-state index is 6.55. The van der Waals surface area contributed by atoms with E-state index in [2.05, 4.69) is 48.5 Å². The minimum atomic E-state index is 0.458. The van der Waals surface area contributed by atoms with Crippen molar-refractivity contribution < 1.29 is 9.47 Å². The normalized spacial score (nSPS) is 11.0. The van der Waals surface area contributed by atoms with Crippen molar-refractivity contribution >= 4 is 27.2 Å². The molecule has 5 aromatic rings. The third-order valence-electron chi connectivity index (χ3n) is 5.66. The molecule has 0 spiro atoms. The van der Waals surface area contributed by atoms with Gasteiger partial charge in [0.25, 0.3) is 0 Å². The maximum atomic E-state index is 6.55. The van der Waals surface area contributed by atoms with Crippen LogP contribution in [0.5, 0.6) is 11.5 Å². The predicted molar refractivity (Wildman–Crippen MR) is 129 cm³/mol. The van der Waals surface area contributed by atoms with Gasteiger partial charge in [-0.05, 0) is 51.4 Å². The van der Waals surface area contributed by atoms with Crippen molar-refractivity contribution in [1.29, 1.82) is 0 Å². The van der Waals surface area contributed by atoms with Crippen LogP contribution < -0.4 is 15.2 Å². The molecule has 0 saturated carbocycles. The molecule has 0 aliphatic carbocycles. The van der Waals surface area contributed by atoms with Crippen molar-refractivity contribution in [1.82, 2.24) is 0 Å². The summed E-state index contributed by atoms with van der Waals surface area (Å²) in [5.74, 6) is 1.65. The van der Waals surface area contributed by atoms with Crippen LogP contribution in [0.15, 0.2) is 97.1 Å². The number of rotatable bonds is 5. The largest absolute Gasteiger partial charge is 0.497 e. The first kappa shape index (κ1) is 19.0. The number of nitrogen functional groups attached to an aromatic ring is 1. The fourth-order valence-electron chi connectivity index (χ4n) is 4.08. The first-order valence-corrected chi connectivity index (χ1v) is 10.3. The molecule has 0 aromatic heterocycles. The molecular weight excluding hydrogens is 382 g/mol. The molecule has 0 aliphatic rings. The molecule has 5 rings (SSSR count). The minimum absolute atomic E-state index is 0.458. The highest BCUT2D eigenvalue weighted by Gasteiger charge is 2.17. The van der Waals surface area contributed by atoms with E-state index in [0.29, 0.717) is 6.61 Å². The predicted octanol–water partition coefficient (Wildman–Crippen LogP) is 6.83. The van der Waals surface area contributed by atoms with E-state index in [1.165, 1.54) is 0 Å². The molecule has 0 radical (unpaired) electrons. The van der Waals surface area contributed by atoms with Crippen molar-refractivity contribution in [3.63, 3.8) is 0 Å². The van der Waals surface area contributed by atoms with Gasteiger partial charge >= 0.3 is 0 Å². The van der Waals surface area contributed by atoms with E-state index in [1.807, 2.05) is 48.5 Å². The molecule has 0 aliphatic heterocycles. The zero-order valence-corrected chi connectivity index (χ0v) is 17.3. The molecule has 0 unspecified atom stereocenters. The highest BCUT2D eigenvalue weighted by Crippen LogP contribution is 2.43. The molecule has 0 fully saturated rings. The van der Waals surface area contributed by atoms with Crippen LogP contribution in [-0.2, 0) is 6.61 Å². The zero-order chi connectivity index (χ0) is 21.2. The summed E-state index contributed by atoms with van der Waals surface area (Å²) in [6.45, 7) is 0.458. The lowest BCUT2D eigenvalue weighted by Crippen LogP contribution is -2.00. The van der Waals surface area contributed by atoms with Gasteiger partial charge in [0.1, 0.15) is 18.1 Å². The lowest BCUT2D eigenvalue weighted by atomic mass is 9.92. The quantitative estimate of drug-likeness (QED) is 0.326. The smallest absolute Gasteiger partial charge is 0.128 e. The van der Waals surface area contributed by atoms with Gasteiger partial charge in [0.05, 0.1) is 7.11 Å². The van der Waals surface area contributed by atoms with Crippen molar-refractivity contribution in [3.8, 4) is 22.6 Å². The van der Waals surface area contributed by atoms with Gasteiger partial charge in [-0.2, -0.15) is 0 Å². The van der Waals surface area contributed by atoms with Gasteiger partial charge in [0, 0.05) is 16.8 Å². The second-order valence-corrected chi connectivity index (χ2v) is 7.55. The Kier molecular flexibility index (Phi) is 4.93. The van der Waals surface area contributed by atoms with E-state index in [-0.39, 0.29) is 0 Å². The number of ether oxygens (including phenoxy) is 2. The summed E-state index contributed by atoms with van der Waals surface area (Å²) >= 11 is 0. The molecule has 0 amide bonds. The van der Waals surface area contributed by atoms with Gasteiger partial charge < -0.3 is 15.2 Å². The van der Waals surface area contributed by atoms with Crippen molar-refractivity contribution in [2.75, 3.05) is 12.8 Å². The fourth-order valence-corrected chi connectivity index (χ4v) is 4.08. The van der Waals surface area contributed by atoms with Gasteiger partial charge in [-0.15, -0.1) is 0 Å². The van der Waals surface area contributed by atoms with Gasteiger partial charge in [0.2, 0.25) is 0 Å². The first-order chi connectivity index (χ1) is 15.2. The van der Waals surface area contributed by atoms with Crippen LogP contribution in [0.3, 0.4) is 0 Å². The standard InChI is InChI=1S/C28H23NO2/c1-30-22-14-10-19(11-15-22)18-31-26-17-13-21-7-3-5-9-24(21)28(26)27-23-8-4-2-6-20(23)12-16-25(27)29/h2-17H,18,29H2,1H3. The first-order valence-electron chi connectivity index (χ1n) is 10.3. The molecule has 0 atom stereocenters. The summed E-state index contributed by atoms with van der Waals surface area (Å²) in [4.78, 5) is 0. The third-order valence-corrected chi connectivity index (χ3v) is 5.66. The zero-order valence-electron chi connectivity index (χ0n) is 17.3. The van der Waals surface area contributed by atoms with Crippen LogP contribution in [-0.4, -0.2) is 7.11 Å². The summed E-state index contributed by atoms with van der Waals surface area (Å²) in [7, 11) is 1.67. The number of anilines is 1. The second kappa shape index (κ2) is 8.04. The maximum Gasteiger partial charge on any atom is 0.128 e. The van der Waals surface area contributed by atoms with Crippen LogP contribution in [0.25, 0.3) is 32.7 Å². The summed E-state index contributed by atoms with van der Waals surface area (Å²) in [5.41, 5.74) is 10.4. The van der Waals surface area contributed by atoms with E-state index in [1.54, 1.807) is 7.11 Å². The molecule has 152 valence electrons. The van der Waals surface area contributed by atoms with Crippen LogP contribution in [0, 0.1) is 0 Å². The van der Waals surface area contributed by atoms with Crippen LogP contribution >= 0.6 is 0 Å². The van der Waals surface area contributed by atoms with E-state index in [9.17, 15) is 0 Å². The SMILES string of the molecule is COc1ccc(COc2ccc3ccccc3c2-c2c(N)ccc3ccccc23)cc1. The Balaban J connectivity index is 1.67. The average Bonchev–Trinajstić information content (AvgIpc) is 2.83. The fraction of sp³-hybridized carbons (Fsp3) is 0.0714. The highest BCUT2D eigenvalue weighted by molar-refractivity contribution is 6.11. The van der Waals surface area contributed by atoms with Gasteiger partial charge in [-0.25, -0.2) is 0 Å². The van der Waals surface area contributed by atoms with Crippen molar-refractivity contribution in [3.05, 3.63) is 103 Å². The summed E-state index contributed by atoms with van der Waals surface area (Å²) in [5, 5.41) is 4.55. The average molecular weight is 405 g/mol. The Morgan fingerprint density at radius 3 is 1.94 bits per heavy atom. The lowest BCUT2D eigenvalue weighted by molar-refractivity contribution is 0.307. The lowest BCUT2D eigenvalue weighted by Gasteiger charge is -2.18. The molecule has 31 heavy (non-hydrogen) atoms. The number of hydrogen-bond acceptors (Lipinski definition) is 3. The van der Waals surface area contributed by atoms with Crippen LogP contribution in [0.1, 0.15) is 5.56 Å². The van der Waals surface area contributed by atoms with Gasteiger partial charge in [-0.3, -0.25) is 0 Å².